The van der Waals surface area contributed by atoms with Gasteiger partial charge in [0.25, 0.3) is 0 Å². The zero-order valence-corrected chi connectivity index (χ0v) is 71.5. The number of aryl methyl sites for hydroxylation is 6. The summed E-state index contributed by atoms with van der Waals surface area (Å²) in [6.07, 6.45) is 43.8. The van der Waals surface area contributed by atoms with Gasteiger partial charge < -0.3 is 0 Å². The SMILES string of the molecule is CCC(C)Cc1cc(-c2sc(C)cc2CC(C)CC)sc1C.CCCCCCCCCCC(C)c1cc(C)sc1-c1cc(C(C)CCCCCCCCCC)[c]([Sn]([CH3])([CH3])[CH3])s1.CCCCCCc1cc(C)sc1-c1cc(CCCCCC)[c]([Sn]([CH3])([CH3])[CH3])s1. The van der Waals surface area contributed by atoms with E-state index in [9.17, 15) is 0 Å². The molecule has 0 saturated heterocycles. The van der Waals surface area contributed by atoms with Gasteiger partial charge in [0.2, 0.25) is 0 Å². The van der Waals surface area contributed by atoms with Crippen molar-refractivity contribution in [2.45, 2.75) is 344 Å². The van der Waals surface area contributed by atoms with Crippen LogP contribution in [0.15, 0.2) is 36.4 Å². The van der Waals surface area contributed by atoms with Gasteiger partial charge in [-0.3, -0.25) is 0 Å². The van der Waals surface area contributed by atoms with E-state index in [4.69, 9.17) is 0 Å². The fourth-order valence-electron chi connectivity index (χ4n) is 12.6. The summed E-state index contributed by atoms with van der Waals surface area (Å²) in [6, 6.07) is 15.1. The number of hydrogen-bond donors (Lipinski definition) is 0. The van der Waals surface area contributed by atoms with Crippen molar-refractivity contribution in [1.29, 1.82) is 0 Å². The van der Waals surface area contributed by atoms with Crippen molar-refractivity contribution in [2.24, 2.45) is 11.8 Å². The third-order valence-corrected chi connectivity index (χ3v) is 44.9. The summed E-state index contributed by atoms with van der Waals surface area (Å²) < 4.78 is 3.65. The van der Waals surface area contributed by atoms with Gasteiger partial charge in [0, 0.05) is 19.5 Å². The van der Waals surface area contributed by atoms with E-state index in [1.54, 1.807) is 52.9 Å². The van der Waals surface area contributed by atoms with Crippen LogP contribution in [0.25, 0.3) is 29.3 Å². The van der Waals surface area contributed by atoms with Gasteiger partial charge in [0.15, 0.2) is 0 Å². The standard InChI is InChI=1S/C33H55S2.C21H31S2.C20H30S2.6CH3.2Sn/c1-6-8-10-12-14-16-18-20-22-27(3)30-25-32(34-26-30)33-31(24-29(5)35-33)28(4)23-21-19-17-15-13-11-9-7-2;1-4-6-8-10-12-18-15-20(22-16-18)21-19(14-17(3)23-21)13-11-9-7-5-2;1-7-13(3)9-17-12-19(22-16(17)6)20-18(10-14(4)8-2)11-15(5)21-20;;;;;;;;/h24-25,27-28H,6-23H2,1-5H3;14-15H,4-13H2,1-3H3;11-14H,7-10H2,1-6H3;6*1H3;;. The van der Waals surface area contributed by atoms with Crippen LogP contribution < -0.4 is 5.79 Å². The van der Waals surface area contributed by atoms with Gasteiger partial charge in [-0.25, -0.2) is 0 Å². The Hall–Kier alpha value is -0.203. The fraction of sp³-hybridized carbons (Fsp3) is 0.700. The van der Waals surface area contributed by atoms with Gasteiger partial charge >= 0.3 is 407 Å². The first-order valence-corrected chi connectivity index (χ1v) is 61.5. The van der Waals surface area contributed by atoms with Crippen molar-refractivity contribution >= 4 is 111 Å². The van der Waals surface area contributed by atoms with Crippen LogP contribution in [-0.4, -0.2) is 36.8 Å². The summed E-state index contributed by atoms with van der Waals surface area (Å²) in [6.45, 7) is 32.7. The maximum absolute atomic E-state index is 2.66. The Bertz CT molecular complexity index is 2790. The van der Waals surface area contributed by atoms with Crippen molar-refractivity contribution in [3.63, 3.8) is 0 Å². The molecule has 8 heteroatoms. The van der Waals surface area contributed by atoms with Crippen molar-refractivity contribution in [3.8, 4) is 29.3 Å². The first-order chi connectivity index (χ1) is 42.0. The van der Waals surface area contributed by atoms with Gasteiger partial charge in [-0.1, -0.05) is 73.6 Å². The summed E-state index contributed by atoms with van der Waals surface area (Å²) in [7, 11) is 0. The zero-order valence-electron chi connectivity index (χ0n) is 60.9. The van der Waals surface area contributed by atoms with E-state index in [1.165, 1.54) is 235 Å². The van der Waals surface area contributed by atoms with Gasteiger partial charge in [0.05, 0.1) is 0 Å². The molecule has 88 heavy (non-hydrogen) atoms. The second kappa shape index (κ2) is 43.1. The first-order valence-electron chi connectivity index (χ1n) is 36.7. The zero-order chi connectivity index (χ0) is 64.8. The van der Waals surface area contributed by atoms with Gasteiger partial charge in [-0.15, -0.1) is 22.7 Å². The van der Waals surface area contributed by atoms with E-state index in [2.05, 4.69) is 197 Å². The molecule has 4 unspecified atom stereocenters. The van der Waals surface area contributed by atoms with Crippen LogP contribution in [-0.2, 0) is 25.7 Å². The molecule has 0 amide bonds. The van der Waals surface area contributed by atoms with E-state index in [0.717, 1.165) is 11.8 Å². The molecule has 6 aromatic rings. The Morgan fingerprint density at radius 1 is 0.330 bits per heavy atom. The molecule has 6 aromatic heterocycles. The number of rotatable bonds is 41. The molecule has 0 nitrogen and oxygen atoms in total. The molecule has 0 fully saturated rings. The van der Waals surface area contributed by atoms with Crippen molar-refractivity contribution < 1.29 is 0 Å². The summed E-state index contributed by atoms with van der Waals surface area (Å²) in [4.78, 5) is 31.0. The Balaban J connectivity index is 0.000000296. The van der Waals surface area contributed by atoms with Crippen molar-refractivity contribution in [3.05, 3.63) is 89.3 Å². The van der Waals surface area contributed by atoms with Crippen molar-refractivity contribution in [1.82, 2.24) is 0 Å². The molecular formula is C80H134S6Sn2. The van der Waals surface area contributed by atoms with Crippen LogP contribution in [0, 0.1) is 39.5 Å². The maximum atomic E-state index is 2.66. The van der Waals surface area contributed by atoms with Crippen LogP contribution in [0.4, 0.5) is 0 Å². The Morgan fingerprint density at radius 2 is 0.693 bits per heavy atom. The molecule has 0 spiro atoms. The van der Waals surface area contributed by atoms with E-state index < -0.39 is 36.8 Å². The average Bonchev–Trinajstić information content (AvgIpc) is 2.73. The van der Waals surface area contributed by atoms with E-state index in [0.29, 0.717) is 11.8 Å². The van der Waals surface area contributed by atoms with Crippen LogP contribution >= 0.6 is 68.0 Å². The van der Waals surface area contributed by atoms with Gasteiger partial charge in [-0.2, -0.15) is 0 Å². The van der Waals surface area contributed by atoms with Crippen LogP contribution in [0.5, 0.6) is 0 Å². The van der Waals surface area contributed by atoms with E-state index >= 15 is 0 Å². The van der Waals surface area contributed by atoms with Crippen LogP contribution in [0.2, 0.25) is 29.6 Å². The molecule has 0 aliphatic heterocycles. The number of hydrogen-bond acceptors (Lipinski definition) is 6. The Morgan fingerprint density at radius 3 is 1.18 bits per heavy atom. The molecule has 6 rings (SSSR count). The number of thiophene rings is 6. The van der Waals surface area contributed by atoms with Crippen LogP contribution in [0.1, 0.15) is 314 Å². The summed E-state index contributed by atoms with van der Waals surface area (Å²) in [5.74, 6) is 2.94. The monoisotopic (exact) mass is 1530 g/mol. The number of unbranched alkanes of at least 4 members (excludes halogenated alkanes) is 20. The van der Waals surface area contributed by atoms with Crippen molar-refractivity contribution in [2.75, 3.05) is 0 Å². The topological polar surface area (TPSA) is 0 Å². The molecule has 0 aliphatic rings. The molecule has 0 aliphatic carbocycles. The summed E-state index contributed by atoms with van der Waals surface area (Å²) in [5, 5.41) is 0. The summed E-state index contributed by atoms with van der Waals surface area (Å²) >= 11 is 8.15. The molecule has 0 bridgehead atoms. The molecular weight excluding hydrogens is 1390 g/mol. The third kappa shape index (κ3) is 28.2. The molecule has 0 radical (unpaired) electrons. The predicted octanol–water partition coefficient (Wildman–Crippen LogP) is 29.4. The molecule has 0 aromatic carbocycles. The quantitative estimate of drug-likeness (QED) is 0.0265. The first kappa shape index (κ1) is 80.2. The molecule has 0 saturated carbocycles. The third-order valence-electron chi connectivity index (χ3n) is 18.5. The van der Waals surface area contributed by atoms with Crippen LogP contribution in [0.3, 0.4) is 0 Å². The van der Waals surface area contributed by atoms with Gasteiger partial charge in [0.1, 0.15) is 0 Å². The molecule has 4 atom stereocenters. The van der Waals surface area contributed by atoms with E-state index in [-0.39, 0.29) is 0 Å². The second-order valence-electron chi connectivity index (χ2n) is 29.5. The van der Waals surface area contributed by atoms with E-state index in [1.807, 2.05) is 39.8 Å². The molecule has 498 valence electrons. The fourth-order valence-corrected chi connectivity index (χ4v) is 33.8. The minimum absolute atomic E-state index is 0.673. The second-order valence-corrected chi connectivity index (χ2v) is 67.2. The Kier molecular flexibility index (Phi) is 39.3. The average molecular weight is 1530 g/mol. The molecule has 0 N–H and O–H groups in total. The predicted molar refractivity (Wildman–Crippen MR) is 421 cm³/mol. The normalized spacial score (nSPS) is 13.4. The molecule has 6 heterocycles. The summed E-state index contributed by atoms with van der Waals surface area (Å²) in [5.41, 5.74) is 9.82. The Labute approximate surface area is 578 Å². The minimum atomic E-state index is -2.20. The van der Waals surface area contributed by atoms with Gasteiger partial charge in [-0.05, 0) is 61.8 Å².